The second-order valence-corrected chi connectivity index (χ2v) is 5.92. The van der Waals surface area contributed by atoms with Gasteiger partial charge in [0.15, 0.2) is 0 Å². The predicted octanol–water partition coefficient (Wildman–Crippen LogP) is 0.701. The molecule has 0 atom stereocenters. The molecule has 0 unspecified atom stereocenters. The summed E-state index contributed by atoms with van der Waals surface area (Å²) < 4.78 is 0. The minimum Gasteiger partial charge on any atom is -0.481 e. The maximum absolute atomic E-state index is 11.6. The number of carboxylic acid groups (broad SMARTS) is 1. The molecule has 1 aliphatic rings. The van der Waals surface area contributed by atoms with E-state index in [4.69, 9.17) is 5.11 Å². The van der Waals surface area contributed by atoms with Crippen molar-refractivity contribution < 1.29 is 19.5 Å². The molecular weight excluding hydrogens is 274 g/mol. The Morgan fingerprint density at radius 1 is 1.14 bits per heavy atom. The molecular formula is C14H25N3O4. The Kier molecular flexibility index (Phi) is 7.14. The number of rotatable bonds is 6. The summed E-state index contributed by atoms with van der Waals surface area (Å²) in [4.78, 5) is 33.8. The molecule has 0 bridgehead atoms. The lowest BCUT2D eigenvalue weighted by molar-refractivity contribution is -0.143. The predicted molar refractivity (Wildman–Crippen MR) is 77.8 cm³/mol. The van der Waals surface area contributed by atoms with Crippen LogP contribution in [0.4, 0.5) is 4.79 Å². The Morgan fingerprint density at radius 2 is 1.76 bits per heavy atom. The van der Waals surface area contributed by atoms with Crippen molar-refractivity contribution in [2.75, 3.05) is 13.1 Å². The quantitative estimate of drug-likeness (QED) is 0.577. The first-order valence-electron chi connectivity index (χ1n) is 7.42. The Morgan fingerprint density at radius 3 is 2.29 bits per heavy atom. The summed E-state index contributed by atoms with van der Waals surface area (Å²) in [6, 6.07) is -0.338. The van der Waals surface area contributed by atoms with Gasteiger partial charge in [0.25, 0.3) is 0 Å². The zero-order chi connectivity index (χ0) is 15.8. The lowest BCUT2D eigenvalue weighted by Gasteiger charge is -2.26. The van der Waals surface area contributed by atoms with Crippen LogP contribution in [0.15, 0.2) is 0 Å². The molecule has 4 N–H and O–H groups in total. The largest absolute Gasteiger partial charge is 0.481 e. The van der Waals surface area contributed by atoms with Crippen LogP contribution in [0.25, 0.3) is 0 Å². The van der Waals surface area contributed by atoms with E-state index in [0.29, 0.717) is 25.3 Å². The Labute approximate surface area is 124 Å². The van der Waals surface area contributed by atoms with Crippen LogP contribution in [-0.4, -0.2) is 42.1 Å². The first-order chi connectivity index (χ1) is 9.88. The van der Waals surface area contributed by atoms with Gasteiger partial charge in [-0.2, -0.15) is 0 Å². The molecule has 0 saturated heterocycles. The van der Waals surface area contributed by atoms with E-state index in [-0.39, 0.29) is 24.4 Å². The molecule has 7 heteroatoms. The minimum absolute atomic E-state index is 0.0670. The van der Waals surface area contributed by atoms with Crippen LogP contribution >= 0.6 is 0 Å². The second kappa shape index (κ2) is 8.61. The number of carbonyl (C=O) groups is 3. The van der Waals surface area contributed by atoms with E-state index in [1.807, 2.05) is 13.8 Å². The van der Waals surface area contributed by atoms with Crippen LogP contribution in [0, 0.1) is 11.8 Å². The smallest absolute Gasteiger partial charge is 0.321 e. The Bertz CT molecular complexity index is 376. The summed E-state index contributed by atoms with van der Waals surface area (Å²) in [6.45, 7) is 4.53. The van der Waals surface area contributed by atoms with Crippen LogP contribution in [0.3, 0.4) is 0 Å². The fourth-order valence-corrected chi connectivity index (χ4v) is 2.29. The standard InChI is InChI=1S/C14H25N3O4/c1-9(2)7-16-14(21)17-12(18)8-15-11-5-3-10(4-6-11)13(19)20/h9-11,15H,3-8H2,1-2H3,(H,19,20)(H2,16,17,18,21). The Balaban J connectivity index is 2.16. The fourth-order valence-electron chi connectivity index (χ4n) is 2.29. The van der Waals surface area contributed by atoms with Gasteiger partial charge in [-0.05, 0) is 31.6 Å². The highest BCUT2D eigenvalue weighted by Crippen LogP contribution is 2.24. The van der Waals surface area contributed by atoms with E-state index < -0.39 is 12.0 Å². The lowest BCUT2D eigenvalue weighted by atomic mass is 9.86. The van der Waals surface area contributed by atoms with Gasteiger partial charge < -0.3 is 15.7 Å². The highest BCUT2D eigenvalue weighted by atomic mass is 16.4. The summed E-state index contributed by atoms with van der Waals surface area (Å²) >= 11 is 0. The summed E-state index contributed by atoms with van der Waals surface area (Å²) in [5, 5.41) is 16.8. The summed E-state index contributed by atoms with van der Waals surface area (Å²) in [7, 11) is 0. The topological polar surface area (TPSA) is 108 Å². The van der Waals surface area contributed by atoms with Gasteiger partial charge in [0, 0.05) is 12.6 Å². The average molecular weight is 299 g/mol. The number of urea groups is 1. The van der Waals surface area contributed by atoms with Crippen molar-refractivity contribution in [1.29, 1.82) is 0 Å². The van der Waals surface area contributed by atoms with E-state index in [2.05, 4.69) is 16.0 Å². The molecule has 21 heavy (non-hydrogen) atoms. The molecule has 1 saturated carbocycles. The number of aliphatic carboxylic acids is 1. The van der Waals surface area contributed by atoms with Gasteiger partial charge in [-0.3, -0.25) is 14.9 Å². The molecule has 0 heterocycles. The zero-order valence-electron chi connectivity index (χ0n) is 12.6. The van der Waals surface area contributed by atoms with Gasteiger partial charge >= 0.3 is 12.0 Å². The minimum atomic E-state index is -0.743. The molecule has 0 spiro atoms. The van der Waals surface area contributed by atoms with Crippen molar-refractivity contribution in [1.82, 2.24) is 16.0 Å². The van der Waals surface area contributed by atoms with Crippen molar-refractivity contribution in [2.45, 2.75) is 45.6 Å². The van der Waals surface area contributed by atoms with Crippen LogP contribution in [-0.2, 0) is 9.59 Å². The van der Waals surface area contributed by atoms with Crippen LogP contribution in [0.2, 0.25) is 0 Å². The maximum atomic E-state index is 11.6. The summed E-state index contributed by atoms with van der Waals surface area (Å²) in [5.74, 6) is -1.06. The van der Waals surface area contributed by atoms with Crippen LogP contribution in [0.1, 0.15) is 39.5 Å². The van der Waals surface area contributed by atoms with Gasteiger partial charge in [-0.15, -0.1) is 0 Å². The first-order valence-corrected chi connectivity index (χ1v) is 7.42. The second-order valence-electron chi connectivity index (χ2n) is 5.92. The van der Waals surface area contributed by atoms with Crippen LogP contribution < -0.4 is 16.0 Å². The highest BCUT2D eigenvalue weighted by molar-refractivity contribution is 5.95. The van der Waals surface area contributed by atoms with Gasteiger partial charge in [0.05, 0.1) is 12.5 Å². The molecule has 0 aliphatic heterocycles. The normalized spacial score (nSPS) is 21.9. The van der Waals surface area contributed by atoms with Crippen LogP contribution in [0.5, 0.6) is 0 Å². The monoisotopic (exact) mass is 299 g/mol. The van der Waals surface area contributed by atoms with Gasteiger partial charge in [-0.1, -0.05) is 13.8 Å². The van der Waals surface area contributed by atoms with Crippen molar-refractivity contribution >= 4 is 17.9 Å². The molecule has 0 aromatic carbocycles. The lowest BCUT2D eigenvalue weighted by Crippen LogP contribution is -2.46. The number of carboxylic acids is 1. The summed E-state index contributed by atoms with van der Waals surface area (Å²) in [6.07, 6.45) is 2.74. The number of imide groups is 1. The third-order valence-corrected chi connectivity index (χ3v) is 3.55. The molecule has 0 radical (unpaired) electrons. The molecule has 0 aromatic heterocycles. The van der Waals surface area contributed by atoms with E-state index in [1.165, 1.54) is 0 Å². The zero-order valence-corrected chi connectivity index (χ0v) is 12.6. The number of hydrogen-bond acceptors (Lipinski definition) is 4. The van der Waals surface area contributed by atoms with E-state index in [0.717, 1.165) is 12.8 Å². The Hall–Kier alpha value is -1.63. The molecule has 1 aliphatic carbocycles. The van der Waals surface area contributed by atoms with Crippen molar-refractivity contribution in [3.63, 3.8) is 0 Å². The molecule has 1 fully saturated rings. The van der Waals surface area contributed by atoms with Crippen molar-refractivity contribution in [2.24, 2.45) is 11.8 Å². The maximum Gasteiger partial charge on any atom is 0.321 e. The highest BCUT2D eigenvalue weighted by Gasteiger charge is 2.25. The SMILES string of the molecule is CC(C)CNC(=O)NC(=O)CNC1CCC(C(=O)O)CC1. The fraction of sp³-hybridized carbons (Fsp3) is 0.786. The molecule has 1 rings (SSSR count). The average Bonchev–Trinajstić information content (AvgIpc) is 2.43. The number of amides is 3. The first kappa shape index (κ1) is 17.4. The van der Waals surface area contributed by atoms with E-state index in [9.17, 15) is 14.4 Å². The van der Waals surface area contributed by atoms with Gasteiger partial charge in [-0.25, -0.2) is 4.79 Å². The number of hydrogen-bond donors (Lipinski definition) is 4. The van der Waals surface area contributed by atoms with E-state index >= 15 is 0 Å². The number of carbonyl (C=O) groups excluding carboxylic acids is 2. The molecule has 3 amide bonds. The number of nitrogens with one attached hydrogen (secondary N) is 3. The third-order valence-electron chi connectivity index (χ3n) is 3.55. The van der Waals surface area contributed by atoms with Crippen molar-refractivity contribution in [3.8, 4) is 0 Å². The molecule has 0 aromatic rings. The van der Waals surface area contributed by atoms with Crippen molar-refractivity contribution in [3.05, 3.63) is 0 Å². The molecule has 120 valence electrons. The summed E-state index contributed by atoms with van der Waals surface area (Å²) in [5.41, 5.74) is 0. The van der Waals surface area contributed by atoms with Gasteiger partial charge in [0.1, 0.15) is 0 Å². The molecule has 7 nitrogen and oxygen atoms in total. The van der Waals surface area contributed by atoms with E-state index in [1.54, 1.807) is 0 Å². The van der Waals surface area contributed by atoms with Gasteiger partial charge in [0.2, 0.25) is 5.91 Å². The third kappa shape index (κ3) is 7.08.